The first-order valence-corrected chi connectivity index (χ1v) is 4.31. The zero-order valence-electron chi connectivity index (χ0n) is 7.60. The maximum Gasteiger partial charge on any atom is 0.414 e. The van der Waals surface area contributed by atoms with Crippen LogP contribution >= 0.6 is 0 Å². The van der Waals surface area contributed by atoms with Gasteiger partial charge in [0.05, 0.1) is 0 Å². The third-order valence-electron chi connectivity index (χ3n) is 1.49. The molecule has 13 heavy (non-hydrogen) atoms. The zero-order chi connectivity index (χ0) is 10.3. The molecule has 80 valence electrons. The summed E-state index contributed by atoms with van der Waals surface area (Å²) in [6.07, 6.45) is -5.90. The minimum Gasteiger partial charge on any atom is -0.384 e. The Labute approximate surface area is 75.7 Å². The molecule has 0 aliphatic rings. The molecule has 0 aromatic rings. The average molecular weight is 200 g/mol. The fourth-order valence-electron chi connectivity index (χ4n) is 0.789. The molecule has 0 aliphatic carbocycles. The van der Waals surface area contributed by atoms with Gasteiger partial charge in [-0.05, 0) is 19.3 Å². The number of halogens is 3. The first kappa shape index (κ1) is 12.7. The smallest absolute Gasteiger partial charge is 0.384 e. The minimum absolute atomic E-state index is 0.237. The third-order valence-corrected chi connectivity index (χ3v) is 1.49. The molecule has 2 nitrogen and oxygen atoms in total. The first-order valence-electron chi connectivity index (χ1n) is 4.31. The van der Waals surface area contributed by atoms with E-state index in [1.54, 1.807) is 0 Å². The monoisotopic (exact) mass is 200 g/mol. The summed E-state index contributed by atoms with van der Waals surface area (Å²) < 4.78 is 40.2. The first-order chi connectivity index (χ1) is 5.98. The second kappa shape index (κ2) is 6.21. The lowest BCUT2D eigenvalue weighted by molar-refractivity contribution is -0.206. The van der Waals surface area contributed by atoms with Crippen LogP contribution < -0.4 is 0 Å². The van der Waals surface area contributed by atoms with Crippen LogP contribution in [0.1, 0.15) is 26.2 Å². The summed E-state index contributed by atoms with van der Waals surface area (Å²) in [5, 5.41) is 8.56. The van der Waals surface area contributed by atoms with E-state index < -0.39 is 12.3 Å². The highest BCUT2D eigenvalue weighted by molar-refractivity contribution is 4.64. The van der Waals surface area contributed by atoms with E-state index in [9.17, 15) is 13.2 Å². The number of aliphatic hydroxyl groups excluding tert-OH is 1. The molecular formula is C8H15F3O2. The second-order valence-corrected chi connectivity index (χ2v) is 2.81. The van der Waals surface area contributed by atoms with Crippen LogP contribution in [0.5, 0.6) is 0 Å². The molecule has 5 heteroatoms. The molecule has 0 radical (unpaired) electrons. The van der Waals surface area contributed by atoms with Crippen LogP contribution in [-0.2, 0) is 4.74 Å². The number of rotatable bonds is 6. The summed E-state index contributed by atoms with van der Waals surface area (Å²) in [6, 6.07) is 0. The van der Waals surface area contributed by atoms with E-state index in [2.05, 4.69) is 0 Å². The van der Waals surface area contributed by atoms with Crippen molar-refractivity contribution in [2.45, 2.75) is 38.5 Å². The molecule has 1 unspecified atom stereocenters. The van der Waals surface area contributed by atoms with Gasteiger partial charge in [0.25, 0.3) is 0 Å². The van der Waals surface area contributed by atoms with Crippen LogP contribution in [0.4, 0.5) is 13.2 Å². The molecule has 0 aliphatic heterocycles. The van der Waals surface area contributed by atoms with E-state index in [0.29, 0.717) is 6.61 Å². The SMILES string of the molecule is CCCOCCCC(O)C(F)(F)F. The summed E-state index contributed by atoms with van der Waals surface area (Å²) in [5.41, 5.74) is 0. The quantitative estimate of drug-likeness (QED) is 0.665. The Bertz CT molecular complexity index is 125. The Hall–Kier alpha value is -0.290. The zero-order valence-corrected chi connectivity index (χ0v) is 7.60. The van der Waals surface area contributed by atoms with Crippen LogP contribution in [0.3, 0.4) is 0 Å². The van der Waals surface area contributed by atoms with E-state index in [1.165, 1.54) is 0 Å². The maximum absolute atomic E-state index is 11.7. The summed E-state index contributed by atoms with van der Waals surface area (Å²) in [7, 11) is 0. The van der Waals surface area contributed by atoms with Gasteiger partial charge in [0.15, 0.2) is 0 Å². The van der Waals surface area contributed by atoms with E-state index in [4.69, 9.17) is 9.84 Å². The molecular weight excluding hydrogens is 185 g/mol. The fraction of sp³-hybridized carbons (Fsp3) is 1.00. The maximum atomic E-state index is 11.7. The standard InChI is InChI=1S/C8H15F3O2/c1-2-5-13-6-3-4-7(12)8(9,10)11/h7,12H,2-6H2,1H3. The lowest BCUT2D eigenvalue weighted by Crippen LogP contribution is -2.28. The van der Waals surface area contributed by atoms with Gasteiger partial charge in [0.1, 0.15) is 6.10 Å². The molecule has 0 saturated carbocycles. The van der Waals surface area contributed by atoms with Gasteiger partial charge < -0.3 is 9.84 Å². The molecule has 0 fully saturated rings. The Balaban J connectivity index is 3.32. The van der Waals surface area contributed by atoms with E-state index in [1.807, 2.05) is 6.92 Å². The molecule has 0 amide bonds. The molecule has 0 heterocycles. The van der Waals surface area contributed by atoms with E-state index in [-0.39, 0.29) is 19.4 Å². The number of ether oxygens (including phenoxy) is 1. The average Bonchev–Trinajstić information content (AvgIpc) is 2.02. The van der Waals surface area contributed by atoms with Crippen LogP contribution in [0.2, 0.25) is 0 Å². The second-order valence-electron chi connectivity index (χ2n) is 2.81. The predicted octanol–water partition coefficient (Wildman–Crippen LogP) is 2.12. The van der Waals surface area contributed by atoms with Crippen molar-refractivity contribution in [1.29, 1.82) is 0 Å². The largest absolute Gasteiger partial charge is 0.414 e. The Kier molecular flexibility index (Phi) is 6.07. The highest BCUT2D eigenvalue weighted by atomic mass is 19.4. The topological polar surface area (TPSA) is 29.5 Å². The van der Waals surface area contributed by atoms with Gasteiger partial charge in [0, 0.05) is 13.2 Å². The number of hydrogen-bond acceptors (Lipinski definition) is 2. The molecule has 1 atom stereocenters. The van der Waals surface area contributed by atoms with Gasteiger partial charge in [0.2, 0.25) is 0 Å². The summed E-state index contributed by atoms with van der Waals surface area (Å²) in [6.45, 7) is 2.76. The molecule has 0 aromatic heterocycles. The summed E-state index contributed by atoms with van der Waals surface area (Å²) >= 11 is 0. The van der Waals surface area contributed by atoms with Crippen LogP contribution in [0.15, 0.2) is 0 Å². The van der Waals surface area contributed by atoms with Crippen molar-refractivity contribution in [3.63, 3.8) is 0 Å². The molecule has 0 bridgehead atoms. The minimum atomic E-state index is -4.50. The Morgan fingerprint density at radius 3 is 2.38 bits per heavy atom. The fourth-order valence-corrected chi connectivity index (χ4v) is 0.789. The van der Waals surface area contributed by atoms with Crippen LogP contribution in [-0.4, -0.2) is 30.6 Å². The van der Waals surface area contributed by atoms with E-state index in [0.717, 1.165) is 6.42 Å². The van der Waals surface area contributed by atoms with Gasteiger partial charge in [-0.3, -0.25) is 0 Å². The molecule has 0 aromatic carbocycles. The van der Waals surface area contributed by atoms with Gasteiger partial charge >= 0.3 is 6.18 Å². The lowest BCUT2D eigenvalue weighted by atomic mass is 10.2. The van der Waals surface area contributed by atoms with Crippen molar-refractivity contribution in [2.24, 2.45) is 0 Å². The van der Waals surface area contributed by atoms with Gasteiger partial charge in [-0.15, -0.1) is 0 Å². The Morgan fingerprint density at radius 2 is 1.92 bits per heavy atom. The van der Waals surface area contributed by atoms with Crippen LogP contribution in [0.25, 0.3) is 0 Å². The van der Waals surface area contributed by atoms with Crippen molar-refractivity contribution in [1.82, 2.24) is 0 Å². The number of aliphatic hydroxyl groups is 1. The number of alkyl halides is 3. The lowest BCUT2D eigenvalue weighted by Gasteiger charge is -2.13. The highest BCUT2D eigenvalue weighted by Crippen LogP contribution is 2.22. The predicted molar refractivity (Wildman–Crippen MR) is 42.4 cm³/mol. The van der Waals surface area contributed by atoms with Gasteiger partial charge in [-0.25, -0.2) is 0 Å². The van der Waals surface area contributed by atoms with Crippen molar-refractivity contribution < 1.29 is 23.0 Å². The van der Waals surface area contributed by atoms with Gasteiger partial charge in [-0.1, -0.05) is 6.92 Å². The Morgan fingerprint density at radius 1 is 1.31 bits per heavy atom. The molecule has 0 spiro atoms. The van der Waals surface area contributed by atoms with Crippen molar-refractivity contribution >= 4 is 0 Å². The highest BCUT2D eigenvalue weighted by Gasteiger charge is 2.37. The molecule has 0 rings (SSSR count). The molecule has 1 N–H and O–H groups in total. The normalized spacial score (nSPS) is 14.5. The molecule has 0 saturated heterocycles. The van der Waals surface area contributed by atoms with Crippen molar-refractivity contribution in [2.75, 3.05) is 13.2 Å². The third kappa shape index (κ3) is 6.83. The van der Waals surface area contributed by atoms with Crippen molar-refractivity contribution in [3.8, 4) is 0 Å². The summed E-state index contributed by atoms with van der Waals surface area (Å²) in [5.74, 6) is 0. The summed E-state index contributed by atoms with van der Waals surface area (Å²) in [4.78, 5) is 0. The van der Waals surface area contributed by atoms with E-state index >= 15 is 0 Å². The van der Waals surface area contributed by atoms with Crippen LogP contribution in [0, 0.1) is 0 Å². The van der Waals surface area contributed by atoms with Gasteiger partial charge in [-0.2, -0.15) is 13.2 Å². The number of hydrogen-bond donors (Lipinski definition) is 1. The van der Waals surface area contributed by atoms with Crippen molar-refractivity contribution in [3.05, 3.63) is 0 Å².